The Morgan fingerprint density at radius 2 is 1.92 bits per heavy atom. The van der Waals surface area contributed by atoms with Crippen molar-refractivity contribution in [3.05, 3.63) is 47.0 Å². The first kappa shape index (κ1) is 19.5. The molecule has 2 aromatic carbocycles. The molecule has 0 aliphatic heterocycles. The maximum atomic E-state index is 12.3. The fourth-order valence-corrected chi connectivity index (χ4v) is 3.62. The minimum absolute atomic E-state index is 0.189. The van der Waals surface area contributed by atoms with E-state index in [0.717, 1.165) is 28.0 Å². The molecule has 0 heterocycles. The Labute approximate surface area is 155 Å². The van der Waals surface area contributed by atoms with Gasteiger partial charge in [0.05, 0.1) is 17.9 Å². The Hall–Kier alpha value is -1.85. The van der Waals surface area contributed by atoms with Gasteiger partial charge in [-0.05, 0) is 54.8 Å². The molecule has 0 aliphatic carbocycles. The number of methoxy groups -OCH3 is 1. The average molecular weight is 381 g/mol. The molecular weight excluding hydrogens is 360 g/mol. The summed E-state index contributed by atoms with van der Waals surface area (Å²) in [6, 6.07) is 10.9. The van der Waals surface area contributed by atoms with Gasteiger partial charge in [0.2, 0.25) is 0 Å². The van der Waals surface area contributed by atoms with Crippen LogP contribution in [0, 0.1) is 6.92 Å². The predicted octanol–water partition coefficient (Wildman–Crippen LogP) is 4.38. The minimum Gasteiger partial charge on any atom is -0.481 e. The summed E-state index contributed by atoms with van der Waals surface area (Å²) in [6.45, 7) is 3.78. The number of carbonyl (C=O) groups excluding carboxylic acids is 1. The Morgan fingerprint density at radius 1 is 1.16 bits per heavy atom. The fraction of sp³-hybridized carbons (Fsp3) is 0.316. The van der Waals surface area contributed by atoms with Gasteiger partial charge in [-0.3, -0.25) is 4.21 Å². The number of halogens is 1. The van der Waals surface area contributed by atoms with Crippen LogP contribution in [-0.2, 0) is 20.3 Å². The summed E-state index contributed by atoms with van der Waals surface area (Å²) >= 11 is 6.15. The van der Waals surface area contributed by atoms with Crippen LogP contribution in [0.2, 0.25) is 5.02 Å². The summed E-state index contributed by atoms with van der Waals surface area (Å²) in [7, 11) is 0.263. The van der Waals surface area contributed by atoms with E-state index in [1.54, 1.807) is 18.2 Å². The molecule has 1 atom stereocenters. The average Bonchev–Trinajstić information content (AvgIpc) is 2.60. The van der Waals surface area contributed by atoms with Gasteiger partial charge in [0.25, 0.3) is 0 Å². The Morgan fingerprint density at radius 3 is 2.60 bits per heavy atom. The van der Waals surface area contributed by atoms with Crippen molar-refractivity contribution in [2.45, 2.75) is 25.2 Å². The van der Waals surface area contributed by atoms with Crippen LogP contribution in [0.1, 0.15) is 18.9 Å². The smallest absolute Gasteiger partial charge is 0.343 e. The lowest BCUT2D eigenvalue weighted by Gasteiger charge is -2.14. The van der Waals surface area contributed by atoms with E-state index in [-0.39, 0.29) is 6.61 Å². The Bertz CT molecular complexity index is 789. The molecule has 0 N–H and O–H groups in total. The second-order valence-corrected chi connectivity index (χ2v) is 7.54. The van der Waals surface area contributed by atoms with E-state index in [0.29, 0.717) is 16.5 Å². The van der Waals surface area contributed by atoms with E-state index in [9.17, 15) is 9.00 Å². The third kappa shape index (κ3) is 5.06. The highest BCUT2D eigenvalue weighted by atomic mass is 35.5. The van der Waals surface area contributed by atoms with Crippen LogP contribution >= 0.6 is 11.6 Å². The number of benzene rings is 2. The fourth-order valence-electron chi connectivity index (χ4n) is 2.37. The van der Waals surface area contributed by atoms with E-state index in [1.165, 1.54) is 7.11 Å². The van der Waals surface area contributed by atoms with Gasteiger partial charge >= 0.3 is 5.97 Å². The Kier molecular flexibility index (Phi) is 7.02. The van der Waals surface area contributed by atoms with Crippen molar-refractivity contribution < 1.29 is 18.5 Å². The van der Waals surface area contributed by atoms with E-state index in [4.69, 9.17) is 16.3 Å². The van der Waals surface area contributed by atoms with Crippen molar-refractivity contribution >= 4 is 28.4 Å². The highest BCUT2D eigenvalue weighted by molar-refractivity contribution is 7.85. The number of rotatable bonds is 7. The predicted molar refractivity (Wildman–Crippen MR) is 101 cm³/mol. The monoisotopic (exact) mass is 380 g/mol. The molecule has 4 nitrogen and oxygen atoms in total. The molecule has 25 heavy (non-hydrogen) atoms. The highest BCUT2D eigenvalue weighted by Gasteiger charge is 2.14. The van der Waals surface area contributed by atoms with Crippen molar-refractivity contribution in [2.24, 2.45) is 0 Å². The lowest BCUT2D eigenvalue weighted by atomic mass is 10.00. The summed E-state index contributed by atoms with van der Waals surface area (Å²) in [5, 5.41) is 0.555. The molecule has 0 fully saturated rings. The topological polar surface area (TPSA) is 52.6 Å². The molecule has 0 radical (unpaired) electrons. The molecule has 1 unspecified atom stereocenters. The van der Waals surface area contributed by atoms with Crippen molar-refractivity contribution in [3.8, 4) is 16.9 Å². The molecular formula is C19H21ClO4S. The first-order chi connectivity index (χ1) is 12.0. The van der Waals surface area contributed by atoms with Crippen LogP contribution < -0.4 is 4.74 Å². The third-order valence-corrected chi connectivity index (χ3v) is 5.46. The van der Waals surface area contributed by atoms with Crippen LogP contribution in [0.25, 0.3) is 11.1 Å². The molecule has 0 saturated heterocycles. The number of esters is 1. The van der Waals surface area contributed by atoms with Crippen LogP contribution in [0.3, 0.4) is 0 Å². The quantitative estimate of drug-likeness (QED) is 0.668. The third-order valence-electron chi connectivity index (χ3n) is 3.67. The van der Waals surface area contributed by atoms with E-state index in [1.807, 2.05) is 32.0 Å². The molecule has 2 aromatic rings. The van der Waals surface area contributed by atoms with Gasteiger partial charge in [0.15, 0.2) is 6.61 Å². The number of aryl methyl sites for hydroxylation is 1. The van der Waals surface area contributed by atoms with E-state index >= 15 is 0 Å². The highest BCUT2D eigenvalue weighted by Crippen LogP contribution is 2.35. The number of hydrogen-bond acceptors (Lipinski definition) is 4. The van der Waals surface area contributed by atoms with Gasteiger partial charge in [-0.15, -0.1) is 0 Å². The zero-order valence-electron chi connectivity index (χ0n) is 14.5. The zero-order valence-corrected chi connectivity index (χ0v) is 16.1. The van der Waals surface area contributed by atoms with Crippen molar-refractivity contribution in [1.29, 1.82) is 0 Å². The van der Waals surface area contributed by atoms with E-state index < -0.39 is 16.8 Å². The van der Waals surface area contributed by atoms with Crippen molar-refractivity contribution in [2.75, 3.05) is 19.5 Å². The molecule has 0 bridgehead atoms. The second-order valence-electron chi connectivity index (χ2n) is 5.53. The van der Waals surface area contributed by atoms with Gasteiger partial charge in [-0.2, -0.15) is 0 Å². The Balaban J connectivity index is 2.46. The second kappa shape index (κ2) is 9.02. The molecule has 0 spiro atoms. The maximum absolute atomic E-state index is 12.3. The van der Waals surface area contributed by atoms with Gasteiger partial charge in [-0.25, -0.2) is 4.79 Å². The standard InChI is InChI=1S/C19H21ClO4S/c1-4-9-25(22)15-7-5-13(2)16(11-15)17-10-14(20)6-8-18(17)24-12-19(21)23-3/h5-8,10-11H,4,9,12H2,1-3H3. The summed E-state index contributed by atoms with van der Waals surface area (Å²) in [5.41, 5.74) is 2.64. The van der Waals surface area contributed by atoms with Crippen LogP contribution in [-0.4, -0.2) is 29.6 Å². The summed E-state index contributed by atoms with van der Waals surface area (Å²) < 4.78 is 22.5. The van der Waals surface area contributed by atoms with Gasteiger partial charge in [0.1, 0.15) is 5.75 Å². The SMILES string of the molecule is CCCS(=O)c1ccc(C)c(-c2cc(Cl)ccc2OCC(=O)OC)c1. The molecule has 0 amide bonds. The lowest BCUT2D eigenvalue weighted by molar-refractivity contribution is -0.142. The lowest BCUT2D eigenvalue weighted by Crippen LogP contribution is -2.13. The molecule has 6 heteroatoms. The largest absolute Gasteiger partial charge is 0.481 e. The summed E-state index contributed by atoms with van der Waals surface area (Å²) in [4.78, 5) is 12.1. The van der Waals surface area contributed by atoms with Gasteiger partial charge in [-0.1, -0.05) is 24.6 Å². The molecule has 0 aliphatic rings. The summed E-state index contributed by atoms with van der Waals surface area (Å²) in [5.74, 6) is 0.677. The molecule has 0 saturated carbocycles. The summed E-state index contributed by atoms with van der Waals surface area (Å²) in [6.07, 6.45) is 0.848. The molecule has 134 valence electrons. The van der Waals surface area contributed by atoms with Crippen LogP contribution in [0.4, 0.5) is 0 Å². The normalized spacial score (nSPS) is 11.8. The van der Waals surface area contributed by atoms with Gasteiger partial charge in [0, 0.05) is 21.2 Å². The van der Waals surface area contributed by atoms with E-state index in [2.05, 4.69) is 4.74 Å². The number of ether oxygens (including phenoxy) is 2. The first-order valence-corrected chi connectivity index (χ1v) is 9.64. The van der Waals surface area contributed by atoms with Crippen molar-refractivity contribution in [3.63, 3.8) is 0 Å². The minimum atomic E-state index is -1.05. The van der Waals surface area contributed by atoms with Gasteiger partial charge < -0.3 is 9.47 Å². The number of hydrogen-bond donors (Lipinski definition) is 0. The van der Waals surface area contributed by atoms with Crippen LogP contribution in [0.5, 0.6) is 5.75 Å². The zero-order chi connectivity index (χ0) is 18.4. The molecule has 2 rings (SSSR count). The van der Waals surface area contributed by atoms with Crippen LogP contribution in [0.15, 0.2) is 41.3 Å². The molecule has 0 aromatic heterocycles. The first-order valence-electron chi connectivity index (χ1n) is 7.94. The van der Waals surface area contributed by atoms with Crippen molar-refractivity contribution in [1.82, 2.24) is 0 Å². The maximum Gasteiger partial charge on any atom is 0.343 e. The number of carbonyl (C=O) groups is 1.